The second-order valence-corrected chi connectivity index (χ2v) is 7.74. The number of ether oxygens (including phenoxy) is 1. The molecule has 0 aliphatic rings. The molecule has 2 heterocycles. The molecule has 0 bridgehead atoms. The van der Waals surface area contributed by atoms with Gasteiger partial charge in [0.25, 0.3) is 5.91 Å². The number of hydrogen-bond donors (Lipinski definition) is 0. The Morgan fingerprint density at radius 2 is 1.97 bits per heavy atom. The highest BCUT2D eigenvalue weighted by Gasteiger charge is 2.31. The number of halogens is 4. The fourth-order valence-corrected chi connectivity index (χ4v) is 3.79. The number of hydrogen-bond acceptors (Lipinski definition) is 6. The molecule has 0 unspecified atom stereocenters. The molecule has 1 amide bonds. The number of fused-ring (bicyclic) bond motifs is 1. The van der Waals surface area contributed by atoms with Crippen molar-refractivity contribution in [2.24, 2.45) is 7.05 Å². The average Bonchev–Trinajstić information content (AvgIpc) is 3.15. The second kappa shape index (κ2) is 9.19. The highest BCUT2D eigenvalue weighted by atomic mass is 35.5. The minimum atomic E-state index is -4.77. The van der Waals surface area contributed by atoms with Gasteiger partial charge in [0.05, 0.1) is 16.4 Å². The zero-order valence-corrected chi connectivity index (χ0v) is 18.4. The summed E-state index contributed by atoms with van der Waals surface area (Å²) in [6.45, 7) is 2.74. The molecule has 0 saturated carbocycles. The van der Waals surface area contributed by atoms with Gasteiger partial charge in [0.2, 0.25) is 0 Å². The van der Waals surface area contributed by atoms with E-state index < -0.39 is 6.36 Å². The van der Waals surface area contributed by atoms with Crippen LogP contribution in [0.3, 0.4) is 0 Å². The summed E-state index contributed by atoms with van der Waals surface area (Å²) in [5.74, 6) is -0.594. The molecule has 0 fully saturated rings. The van der Waals surface area contributed by atoms with E-state index in [1.165, 1.54) is 27.8 Å². The third-order valence-corrected chi connectivity index (χ3v) is 5.19. The Hall–Kier alpha value is -2.37. The maximum atomic E-state index is 13.2. The summed E-state index contributed by atoms with van der Waals surface area (Å²) >= 11 is 1.13. The first kappa shape index (κ1) is 23.9. The highest BCUT2D eigenvalue weighted by molar-refractivity contribution is 7.22. The average molecular weight is 464 g/mol. The van der Waals surface area contributed by atoms with Gasteiger partial charge in [-0.05, 0) is 38.7 Å². The lowest BCUT2D eigenvalue weighted by molar-refractivity contribution is -0.274. The van der Waals surface area contributed by atoms with E-state index in [1.807, 2.05) is 19.0 Å². The second-order valence-electron chi connectivity index (χ2n) is 6.73. The van der Waals surface area contributed by atoms with Crippen molar-refractivity contribution in [1.29, 1.82) is 0 Å². The summed E-state index contributed by atoms with van der Waals surface area (Å²) in [6, 6.07) is 3.92. The maximum Gasteiger partial charge on any atom is 0.573 e. The van der Waals surface area contributed by atoms with Crippen LogP contribution in [0.25, 0.3) is 10.2 Å². The first-order valence-corrected chi connectivity index (χ1v) is 9.48. The number of aryl methyl sites for hydroxylation is 2. The first-order chi connectivity index (χ1) is 13.5. The Morgan fingerprint density at radius 1 is 1.27 bits per heavy atom. The molecular formula is C18H21ClF3N5O2S. The highest BCUT2D eigenvalue weighted by Crippen LogP contribution is 2.34. The van der Waals surface area contributed by atoms with Crippen molar-refractivity contribution in [2.75, 3.05) is 32.1 Å². The number of anilines is 1. The number of benzene rings is 1. The minimum Gasteiger partial charge on any atom is -0.406 e. The van der Waals surface area contributed by atoms with Crippen LogP contribution >= 0.6 is 23.7 Å². The number of carbonyl (C=O) groups excluding carboxylic acids is 1. The Labute approximate surface area is 181 Å². The van der Waals surface area contributed by atoms with E-state index >= 15 is 0 Å². The van der Waals surface area contributed by atoms with Crippen LogP contribution < -0.4 is 9.64 Å². The molecule has 2 aromatic heterocycles. The smallest absolute Gasteiger partial charge is 0.406 e. The van der Waals surface area contributed by atoms with Crippen LogP contribution in [0.5, 0.6) is 5.75 Å². The van der Waals surface area contributed by atoms with Crippen LogP contribution in [0.1, 0.15) is 16.1 Å². The van der Waals surface area contributed by atoms with E-state index in [1.54, 1.807) is 20.2 Å². The number of rotatable bonds is 6. The van der Waals surface area contributed by atoms with Crippen LogP contribution in [0.2, 0.25) is 0 Å². The monoisotopic (exact) mass is 463 g/mol. The van der Waals surface area contributed by atoms with Gasteiger partial charge in [0.15, 0.2) is 5.13 Å². The number of nitrogens with zero attached hydrogens (tertiary/aromatic N) is 5. The Kier molecular flexibility index (Phi) is 7.32. The molecule has 3 aromatic rings. The third kappa shape index (κ3) is 5.41. The van der Waals surface area contributed by atoms with Gasteiger partial charge in [0, 0.05) is 26.2 Å². The van der Waals surface area contributed by atoms with Crippen molar-refractivity contribution >= 4 is 45.0 Å². The molecule has 0 spiro atoms. The van der Waals surface area contributed by atoms with Crippen molar-refractivity contribution in [1.82, 2.24) is 19.7 Å². The molecule has 30 heavy (non-hydrogen) atoms. The zero-order chi connectivity index (χ0) is 21.3. The third-order valence-electron chi connectivity index (χ3n) is 4.15. The first-order valence-electron chi connectivity index (χ1n) is 8.66. The standard InChI is InChI=1S/C18H20F3N5O2S.ClH/c1-11-10-22-25(4)15(11)16(27)26(8-7-24(2)3)17-23-13-6-5-12(9-14(13)29-17)28-18(19,20)21;/h5-6,9-10H,7-8H2,1-4H3;1H. The van der Waals surface area contributed by atoms with E-state index in [0.29, 0.717) is 34.1 Å². The number of alkyl halides is 3. The predicted octanol–water partition coefficient (Wildman–Crippen LogP) is 3.87. The molecular weight excluding hydrogens is 443 g/mol. The molecule has 7 nitrogen and oxygen atoms in total. The van der Waals surface area contributed by atoms with E-state index in [2.05, 4.69) is 14.8 Å². The molecule has 164 valence electrons. The molecule has 12 heteroatoms. The van der Waals surface area contributed by atoms with Crippen LogP contribution in [0.15, 0.2) is 24.4 Å². The largest absolute Gasteiger partial charge is 0.573 e. The van der Waals surface area contributed by atoms with Crippen molar-refractivity contribution in [3.63, 3.8) is 0 Å². The number of aromatic nitrogens is 3. The molecule has 0 N–H and O–H groups in total. The normalized spacial score (nSPS) is 11.6. The Balaban J connectivity index is 0.00000320. The zero-order valence-electron chi connectivity index (χ0n) is 16.7. The van der Waals surface area contributed by atoms with Gasteiger partial charge in [-0.1, -0.05) is 11.3 Å². The molecule has 0 aliphatic heterocycles. The number of thiazole rings is 1. The summed E-state index contributed by atoms with van der Waals surface area (Å²) in [6.07, 6.45) is -3.16. The lowest BCUT2D eigenvalue weighted by Crippen LogP contribution is -2.38. The summed E-state index contributed by atoms with van der Waals surface area (Å²) in [7, 11) is 5.46. The lowest BCUT2D eigenvalue weighted by Gasteiger charge is -2.22. The van der Waals surface area contributed by atoms with E-state index in [0.717, 1.165) is 16.9 Å². The molecule has 0 saturated heterocycles. The van der Waals surface area contributed by atoms with Crippen LogP contribution in [0, 0.1) is 6.92 Å². The molecule has 3 rings (SSSR count). The van der Waals surface area contributed by atoms with Crippen LogP contribution in [-0.2, 0) is 7.05 Å². The number of carbonyl (C=O) groups is 1. The maximum absolute atomic E-state index is 13.2. The minimum absolute atomic E-state index is 0. The fourth-order valence-electron chi connectivity index (χ4n) is 2.77. The quantitative estimate of drug-likeness (QED) is 0.555. The van der Waals surface area contributed by atoms with Gasteiger partial charge >= 0.3 is 6.36 Å². The van der Waals surface area contributed by atoms with Gasteiger partial charge in [0.1, 0.15) is 11.4 Å². The molecule has 0 aliphatic carbocycles. The van der Waals surface area contributed by atoms with Crippen molar-refractivity contribution in [3.05, 3.63) is 35.7 Å². The van der Waals surface area contributed by atoms with E-state index in [9.17, 15) is 18.0 Å². The van der Waals surface area contributed by atoms with Crippen molar-refractivity contribution in [3.8, 4) is 5.75 Å². The van der Waals surface area contributed by atoms with E-state index in [-0.39, 0.29) is 24.1 Å². The van der Waals surface area contributed by atoms with Gasteiger partial charge in [-0.3, -0.25) is 14.4 Å². The van der Waals surface area contributed by atoms with Crippen LogP contribution in [-0.4, -0.2) is 59.1 Å². The van der Waals surface area contributed by atoms with Gasteiger partial charge in [-0.2, -0.15) is 5.10 Å². The van der Waals surface area contributed by atoms with Gasteiger partial charge in [-0.15, -0.1) is 25.6 Å². The molecule has 1 aromatic carbocycles. The van der Waals surface area contributed by atoms with Gasteiger partial charge in [-0.25, -0.2) is 4.98 Å². The summed E-state index contributed by atoms with van der Waals surface area (Å²) in [5, 5.41) is 4.52. The fraction of sp³-hybridized carbons (Fsp3) is 0.389. The summed E-state index contributed by atoms with van der Waals surface area (Å²) < 4.78 is 43.4. The Bertz CT molecular complexity index is 1020. The predicted molar refractivity (Wildman–Crippen MR) is 112 cm³/mol. The number of likely N-dealkylation sites (N-methyl/N-ethyl adjacent to an activating group) is 1. The Morgan fingerprint density at radius 3 is 2.53 bits per heavy atom. The van der Waals surface area contributed by atoms with E-state index in [4.69, 9.17) is 0 Å². The summed E-state index contributed by atoms with van der Waals surface area (Å²) in [4.78, 5) is 21.1. The molecule has 0 radical (unpaired) electrons. The molecule has 0 atom stereocenters. The van der Waals surface area contributed by atoms with Crippen LogP contribution in [0.4, 0.5) is 18.3 Å². The lowest BCUT2D eigenvalue weighted by atomic mass is 10.2. The van der Waals surface area contributed by atoms with Gasteiger partial charge < -0.3 is 9.64 Å². The topological polar surface area (TPSA) is 63.5 Å². The number of amides is 1. The van der Waals surface area contributed by atoms with Crippen molar-refractivity contribution in [2.45, 2.75) is 13.3 Å². The summed E-state index contributed by atoms with van der Waals surface area (Å²) in [5.41, 5.74) is 1.65. The van der Waals surface area contributed by atoms with Crippen molar-refractivity contribution < 1.29 is 22.7 Å². The SMILES string of the molecule is Cc1cnn(C)c1C(=O)N(CCN(C)C)c1nc2ccc(OC(F)(F)F)cc2s1.Cl.